The summed E-state index contributed by atoms with van der Waals surface area (Å²) >= 11 is 0. The van der Waals surface area contributed by atoms with E-state index in [4.69, 9.17) is 9.47 Å². The van der Waals surface area contributed by atoms with Gasteiger partial charge in [0.2, 0.25) is 0 Å². The van der Waals surface area contributed by atoms with Crippen molar-refractivity contribution in [2.45, 2.75) is 51.5 Å². The number of hydrogen-bond acceptors (Lipinski definition) is 4. The summed E-state index contributed by atoms with van der Waals surface area (Å²) in [5.74, 6) is -0.637. The van der Waals surface area contributed by atoms with E-state index in [1.165, 1.54) is 0 Å². The molecule has 0 bridgehead atoms. The maximum Gasteiger partial charge on any atom is 0.326 e. The highest BCUT2D eigenvalue weighted by Crippen LogP contribution is 2.33. The molecule has 0 unspecified atom stereocenters. The van der Waals surface area contributed by atoms with Crippen LogP contribution >= 0.6 is 0 Å². The third-order valence-corrected chi connectivity index (χ3v) is 4.50. The summed E-state index contributed by atoms with van der Waals surface area (Å²) < 4.78 is 10.9. The van der Waals surface area contributed by atoms with Crippen molar-refractivity contribution >= 4 is 11.9 Å². The van der Waals surface area contributed by atoms with Gasteiger partial charge in [0.05, 0.1) is 12.1 Å². The van der Waals surface area contributed by atoms with E-state index in [2.05, 4.69) is 0 Å². The molecule has 1 aliphatic rings. The fourth-order valence-corrected chi connectivity index (χ4v) is 3.24. The normalized spacial score (nSPS) is 18.6. The Morgan fingerprint density at radius 1 is 1.00 bits per heavy atom. The molecule has 2 aromatic rings. The molecule has 1 fully saturated rings. The van der Waals surface area contributed by atoms with Crippen LogP contribution in [0.25, 0.3) is 0 Å². The Hall–Kier alpha value is -2.66. The highest BCUT2D eigenvalue weighted by atomic mass is 16.6. The lowest BCUT2D eigenvalue weighted by Crippen LogP contribution is -2.43. The Balaban J connectivity index is 1.98. The molecule has 0 radical (unpaired) electrons. The van der Waals surface area contributed by atoms with E-state index in [-0.39, 0.29) is 18.6 Å². The van der Waals surface area contributed by atoms with Crippen molar-refractivity contribution in [1.82, 2.24) is 4.90 Å². The van der Waals surface area contributed by atoms with E-state index >= 15 is 0 Å². The number of epoxide rings is 1. The first-order valence-corrected chi connectivity index (χ1v) is 9.54. The highest BCUT2D eigenvalue weighted by Gasteiger charge is 2.46. The van der Waals surface area contributed by atoms with Crippen molar-refractivity contribution in [3.8, 4) is 0 Å². The van der Waals surface area contributed by atoms with Gasteiger partial charge in [-0.05, 0) is 38.8 Å². The predicted octanol–water partition coefficient (Wildman–Crippen LogP) is 3.73. The molecule has 1 amide bonds. The molecule has 0 N–H and O–H groups in total. The second-order valence-corrected chi connectivity index (χ2v) is 8.04. The smallest absolute Gasteiger partial charge is 0.326 e. The van der Waals surface area contributed by atoms with Gasteiger partial charge in [0.25, 0.3) is 5.91 Å². The number of carbonyl (C=O) groups excluding carboxylic acids is 2. The minimum absolute atomic E-state index is 0.138. The Kier molecular flexibility index (Phi) is 5.84. The summed E-state index contributed by atoms with van der Waals surface area (Å²) in [7, 11) is 0. The number of benzene rings is 2. The molecule has 1 aliphatic heterocycles. The van der Waals surface area contributed by atoms with E-state index in [0.717, 1.165) is 11.1 Å². The van der Waals surface area contributed by atoms with Crippen molar-refractivity contribution in [2.75, 3.05) is 6.54 Å². The Bertz CT molecular complexity index is 774. The zero-order valence-electron chi connectivity index (χ0n) is 16.8. The summed E-state index contributed by atoms with van der Waals surface area (Å²) in [4.78, 5) is 27.4. The van der Waals surface area contributed by atoms with Crippen molar-refractivity contribution in [3.05, 3.63) is 71.8 Å². The van der Waals surface area contributed by atoms with Gasteiger partial charge >= 0.3 is 5.97 Å². The summed E-state index contributed by atoms with van der Waals surface area (Å²) in [6, 6.07) is 19.0. The minimum Gasteiger partial charge on any atom is -0.459 e. The van der Waals surface area contributed by atoms with Crippen LogP contribution in [-0.4, -0.2) is 41.1 Å². The monoisotopic (exact) mass is 381 g/mol. The Labute approximate surface area is 166 Å². The molecule has 5 nitrogen and oxygen atoms in total. The second kappa shape index (κ2) is 8.15. The maximum absolute atomic E-state index is 13.2. The fourth-order valence-electron chi connectivity index (χ4n) is 3.24. The lowest BCUT2D eigenvalue weighted by atomic mass is 9.96. The summed E-state index contributed by atoms with van der Waals surface area (Å²) in [6.45, 7) is 7.16. The van der Waals surface area contributed by atoms with Gasteiger partial charge in [0.1, 0.15) is 12.1 Å². The van der Waals surface area contributed by atoms with Crippen molar-refractivity contribution < 1.29 is 19.1 Å². The van der Waals surface area contributed by atoms with Gasteiger partial charge in [-0.15, -0.1) is 0 Å². The largest absolute Gasteiger partial charge is 0.459 e. The molecule has 0 aliphatic carbocycles. The first-order valence-electron chi connectivity index (χ1n) is 9.54. The quantitative estimate of drug-likeness (QED) is 0.565. The fraction of sp³-hybridized carbons (Fsp3) is 0.391. The molecule has 28 heavy (non-hydrogen) atoms. The predicted molar refractivity (Wildman–Crippen MR) is 107 cm³/mol. The number of hydrogen-bond donors (Lipinski definition) is 0. The Morgan fingerprint density at radius 3 is 1.86 bits per heavy atom. The maximum atomic E-state index is 13.2. The lowest BCUT2D eigenvalue weighted by Gasteiger charge is -2.32. The molecule has 0 spiro atoms. The zero-order chi connectivity index (χ0) is 20.3. The molecular weight excluding hydrogens is 354 g/mol. The van der Waals surface area contributed by atoms with E-state index in [1.807, 2.05) is 88.4 Å². The van der Waals surface area contributed by atoms with Crippen LogP contribution in [0.1, 0.15) is 44.9 Å². The molecule has 3 rings (SSSR count). The number of ether oxygens (including phenoxy) is 2. The van der Waals surface area contributed by atoms with Gasteiger partial charge in [0, 0.05) is 0 Å². The average molecular weight is 381 g/mol. The van der Waals surface area contributed by atoms with E-state index in [1.54, 1.807) is 4.90 Å². The van der Waals surface area contributed by atoms with Gasteiger partial charge in [0.15, 0.2) is 6.10 Å². The number of amides is 1. The number of carbonyl (C=O) groups is 2. The van der Waals surface area contributed by atoms with Crippen LogP contribution in [0.4, 0.5) is 0 Å². The van der Waals surface area contributed by atoms with Crippen LogP contribution < -0.4 is 0 Å². The molecule has 2 atom stereocenters. The summed E-state index contributed by atoms with van der Waals surface area (Å²) in [5, 5.41) is 0. The molecule has 0 aromatic heterocycles. The van der Waals surface area contributed by atoms with E-state index in [0.29, 0.717) is 0 Å². The third kappa shape index (κ3) is 4.98. The van der Waals surface area contributed by atoms with Gasteiger partial charge in [-0.25, -0.2) is 0 Å². The SMILES string of the molecule is C[C@H]1O[C@H]1C(=O)N(CC(=O)OC(C)(C)C)C(c1ccccc1)c1ccccc1. The number of esters is 1. The molecule has 1 saturated heterocycles. The topological polar surface area (TPSA) is 59.1 Å². The van der Waals surface area contributed by atoms with Crippen LogP contribution in [0.3, 0.4) is 0 Å². The highest BCUT2D eigenvalue weighted by molar-refractivity contribution is 5.88. The van der Waals surface area contributed by atoms with E-state index < -0.39 is 23.7 Å². The van der Waals surface area contributed by atoms with Crippen LogP contribution in [0.2, 0.25) is 0 Å². The molecule has 2 aromatic carbocycles. The molecule has 0 saturated carbocycles. The van der Waals surface area contributed by atoms with Gasteiger partial charge in [-0.3, -0.25) is 9.59 Å². The van der Waals surface area contributed by atoms with Gasteiger partial charge < -0.3 is 14.4 Å². The second-order valence-electron chi connectivity index (χ2n) is 8.04. The van der Waals surface area contributed by atoms with E-state index in [9.17, 15) is 9.59 Å². The standard InChI is InChI=1S/C23H27NO4/c1-16-21(27-16)22(26)24(15-19(25)28-23(2,3)4)20(17-11-7-5-8-12-17)18-13-9-6-10-14-18/h5-14,16,20-21H,15H2,1-4H3/t16-,21-/m1/s1. The first kappa shape index (κ1) is 20.1. The van der Waals surface area contributed by atoms with Crippen LogP contribution in [-0.2, 0) is 19.1 Å². The van der Waals surface area contributed by atoms with Crippen molar-refractivity contribution in [2.24, 2.45) is 0 Å². The summed E-state index contributed by atoms with van der Waals surface area (Å²) in [6.07, 6.45) is -0.654. The van der Waals surface area contributed by atoms with Crippen molar-refractivity contribution in [1.29, 1.82) is 0 Å². The number of rotatable bonds is 6. The minimum atomic E-state index is -0.621. The van der Waals surface area contributed by atoms with Gasteiger partial charge in [-0.2, -0.15) is 0 Å². The van der Waals surface area contributed by atoms with Crippen LogP contribution in [0.5, 0.6) is 0 Å². The number of nitrogens with zero attached hydrogens (tertiary/aromatic N) is 1. The van der Waals surface area contributed by atoms with Crippen LogP contribution in [0.15, 0.2) is 60.7 Å². The molecule has 1 heterocycles. The third-order valence-electron chi connectivity index (χ3n) is 4.50. The molecule has 148 valence electrons. The lowest BCUT2D eigenvalue weighted by molar-refractivity contribution is -0.160. The first-order chi connectivity index (χ1) is 13.3. The average Bonchev–Trinajstić information content (AvgIpc) is 3.37. The van der Waals surface area contributed by atoms with Crippen LogP contribution in [0, 0.1) is 0 Å². The summed E-state index contributed by atoms with van der Waals surface area (Å²) in [5.41, 5.74) is 1.24. The Morgan fingerprint density at radius 2 is 1.46 bits per heavy atom. The zero-order valence-corrected chi connectivity index (χ0v) is 16.8. The van der Waals surface area contributed by atoms with Crippen molar-refractivity contribution in [3.63, 3.8) is 0 Å². The van der Waals surface area contributed by atoms with Gasteiger partial charge in [-0.1, -0.05) is 60.7 Å². The molecule has 5 heteroatoms. The molecular formula is C23H27NO4.